The van der Waals surface area contributed by atoms with Gasteiger partial charge in [-0.15, -0.1) is 0 Å². The summed E-state index contributed by atoms with van der Waals surface area (Å²) in [5.74, 6) is 0. The lowest BCUT2D eigenvalue weighted by Crippen LogP contribution is -2.19. The molecule has 0 radical (unpaired) electrons. The predicted molar refractivity (Wildman–Crippen MR) is 121 cm³/mol. The third-order valence-corrected chi connectivity index (χ3v) is 5.86. The summed E-state index contributed by atoms with van der Waals surface area (Å²) in [7, 11) is 0. The van der Waals surface area contributed by atoms with Gasteiger partial charge < -0.3 is 19.3 Å². The zero-order chi connectivity index (χ0) is 20.8. The van der Waals surface area contributed by atoms with Crippen molar-refractivity contribution in [2.24, 2.45) is 0 Å². The fraction of sp³-hybridized carbons (Fsp3) is 1.00. The van der Waals surface area contributed by atoms with Gasteiger partial charge in [0.15, 0.2) is 6.29 Å². The summed E-state index contributed by atoms with van der Waals surface area (Å²) in [4.78, 5) is 0. The summed E-state index contributed by atoms with van der Waals surface area (Å²) in [6.45, 7) is 4.50. The SMILES string of the molecule is CCCCCCCCCCCCCCCCC[C@@H]1OC[C@@H](COCCCCO)O1. The van der Waals surface area contributed by atoms with Gasteiger partial charge in [0.05, 0.1) is 13.2 Å². The smallest absolute Gasteiger partial charge is 0.158 e. The van der Waals surface area contributed by atoms with Crippen molar-refractivity contribution in [3.63, 3.8) is 0 Å². The van der Waals surface area contributed by atoms with Gasteiger partial charge in [0.1, 0.15) is 6.10 Å². The summed E-state index contributed by atoms with van der Waals surface area (Å²) in [5.41, 5.74) is 0. The first-order valence-electron chi connectivity index (χ1n) is 12.8. The Morgan fingerprint density at radius 2 is 1.28 bits per heavy atom. The van der Waals surface area contributed by atoms with Gasteiger partial charge in [-0.1, -0.05) is 96.8 Å². The molecule has 0 aromatic carbocycles. The van der Waals surface area contributed by atoms with Crippen LogP contribution in [-0.4, -0.2) is 43.9 Å². The van der Waals surface area contributed by atoms with Gasteiger partial charge in [-0.3, -0.25) is 0 Å². The second-order valence-corrected chi connectivity index (χ2v) is 8.77. The van der Waals surface area contributed by atoms with E-state index in [9.17, 15) is 0 Å². The van der Waals surface area contributed by atoms with Gasteiger partial charge in [0, 0.05) is 13.2 Å². The van der Waals surface area contributed by atoms with Crippen LogP contribution in [0.4, 0.5) is 0 Å². The topological polar surface area (TPSA) is 47.9 Å². The van der Waals surface area contributed by atoms with Gasteiger partial charge in [-0.25, -0.2) is 0 Å². The van der Waals surface area contributed by atoms with Gasteiger partial charge >= 0.3 is 0 Å². The number of hydrogen-bond donors (Lipinski definition) is 1. The van der Waals surface area contributed by atoms with Crippen molar-refractivity contribution in [2.45, 2.75) is 135 Å². The van der Waals surface area contributed by atoms with E-state index in [1.807, 2.05) is 0 Å². The normalized spacial score (nSPS) is 19.2. The molecular formula is C25H50O4. The van der Waals surface area contributed by atoms with E-state index in [0.29, 0.717) is 19.8 Å². The molecule has 0 aromatic rings. The third kappa shape index (κ3) is 17.2. The van der Waals surface area contributed by atoms with Crippen LogP contribution in [0.25, 0.3) is 0 Å². The highest BCUT2D eigenvalue weighted by Crippen LogP contribution is 2.19. The molecule has 0 unspecified atom stereocenters. The van der Waals surface area contributed by atoms with Crippen LogP contribution in [0.2, 0.25) is 0 Å². The minimum atomic E-state index is -0.0250. The van der Waals surface area contributed by atoms with E-state index in [1.54, 1.807) is 0 Å². The van der Waals surface area contributed by atoms with Crippen LogP contribution in [0.3, 0.4) is 0 Å². The van der Waals surface area contributed by atoms with Crippen molar-refractivity contribution < 1.29 is 19.3 Å². The molecule has 2 atom stereocenters. The zero-order valence-corrected chi connectivity index (χ0v) is 19.4. The Balaban J connectivity index is 1.75. The Kier molecular flexibility index (Phi) is 19.5. The van der Waals surface area contributed by atoms with Crippen LogP contribution in [0.1, 0.15) is 122 Å². The molecule has 1 aliphatic heterocycles. The molecule has 0 saturated carbocycles. The molecule has 0 amide bonds. The van der Waals surface area contributed by atoms with Gasteiger partial charge in [-0.2, -0.15) is 0 Å². The Morgan fingerprint density at radius 1 is 0.724 bits per heavy atom. The molecule has 4 heteroatoms. The maximum absolute atomic E-state index is 8.74. The number of aliphatic hydroxyl groups is 1. The lowest BCUT2D eigenvalue weighted by molar-refractivity contribution is -0.0761. The highest BCUT2D eigenvalue weighted by molar-refractivity contribution is 4.65. The highest BCUT2D eigenvalue weighted by Gasteiger charge is 2.25. The largest absolute Gasteiger partial charge is 0.396 e. The van der Waals surface area contributed by atoms with Crippen molar-refractivity contribution in [3.8, 4) is 0 Å². The van der Waals surface area contributed by atoms with Crippen molar-refractivity contribution in [3.05, 3.63) is 0 Å². The molecule has 0 aliphatic carbocycles. The molecule has 29 heavy (non-hydrogen) atoms. The average Bonchev–Trinajstić information content (AvgIpc) is 3.18. The molecule has 1 aliphatic rings. The van der Waals surface area contributed by atoms with Crippen molar-refractivity contribution in [1.29, 1.82) is 0 Å². The fourth-order valence-electron chi connectivity index (χ4n) is 3.96. The van der Waals surface area contributed by atoms with Gasteiger partial charge in [0.25, 0.3) is 0 Å². The average molecular weight is 415 g/mol. The summed E-state index contributed by atoms with van der Waals surface area (Å²) in [5, 5.41) is 8.74. The lowest BCUT2D eigenvalue weighted by Gasteiger charge is -2.11. The van der Waals surface area contributed by atoms with Gasteiger partial charge in [0.2, 0.25) is 0 Å². The predicted octanol–water partition coefficient (Wildman–Crippen LogP) is 6.78. The number of rotatable bonds is 22. The fourth-order valence-corrected chi connectivity index (χ4v) is 3.96. The van der Waals surface area contributed by atoms with Crippen LogP contribution in [0.15, 0.2) is 0 Å². The van der Waals surface area contributed by atoms with E-state index in [4.69, 9.17) is 19.3 Å². The number of aliphatic hydroxyl groups excluding tert-OH is 1. The maximum Gasteiger partial charge on any atom is 0.158 e. The molecule has 1 fully saturated rings. The first-order chi connectivity index (χ1) is 14.4. The molecule has 174 valence electrons. The molecular weight excluding hydrogens is 364 g/mol. The van der Waals surface area contributed by atoms with Crippen molar-refractivity contribution in [2.75, 3.05) is 26.4 Å². The van der Waals surface area contributed by atoms with Crippen LogP contribution < -0.4 is 0 Å². The van der Waals surface area contributed by atoms with Crippen LogP contribution >= 0.6 is 0 Å². The third-order valence-electron chi connectivity index (χ3n) is 5.86. The molecule has 0 spiro atoms. The van der Waals surface area contributed by atoms with E-state index in [1.165, 1.54) is 96.3 Å². The number of unbranched alkanes of at least 4 members (excludes halogenated alkanes) is 15. The summed E-state index contributed by atoms with van der Waals surface area (Å²) >= 11 is 0. The second kappa shape index (κ2) is 21.1. The minimum absolute atomic E-state index is 0.0250. The molecule has 0 aromatic heterocycles. The standard InChI is InChI=1S/C25H50O4/c1-2-3-4-5-6-7-8-9-10-11-12-13-14-15-16-19-25-28-23-24(29-25)22-27-21-18-17-20-26/h24-26H,2-23H2,1H3/t24-,25-/m1/s1. The van der Waals surface area contributed by atoms with Gasteiger partial charge in [-0.05, 0) is 25.7 Å². The number of hydrogen-bond acceptors (Lipinski definition) is 4. The Bertz CT molecular complexity index is 324. The summed E-state index contributed by atoms with van der Waals surface area (Å²) < 4.78 is 17.2. The Labute approximate surface area is 181 Å². The summed E-state index contributed by atoms with van der Waals surface area (Å²) in [6, 6.07) is 0. The van der Waals surface area contributed by atoms with E-state index in [2.05, 4.69) is 6.92 Å². The van der Waals surface area contributed by atoms with Crippen LogP contribution in [0.5, 0.6) is 0 Å². The Hall–Kier alpha value is -0.160. The van der Waals surface area contributed by atoms with Crippen LogP contribution in [0, 0.1) is 0 Å². The van der Waals surface area contributed by atoms with E-state index >= 15 is 0 Å². The molecule has 1 rings (SSSR count). The molecule has 4 nitrogen and oxygen atoms in total. The molecule has 0 bridgehead atoms. The molecule has 1 N–H and O–H groups in total. The van der Waals surface area contributed by atoms with E-state index in [0.717, 1.165) is 19.3 Å². The minimum Gasteiger partial charge on any atom is -0.396 e. The first-order valence-corrected chi connectivity index (χ1v) is 12.8. The Morgan fingerprint density at radius 3 is 1.83 bits per heavy atom. The monoisotopic (exact) mass is 414 g/mol. The summed E-state index contributed by atoms with van der Waals surface area (Å²) in [6.07, 6.45) is 23.7. The van der Waals surface area contributed by atoms with Crippen molar-refractivity contribution in [1.82, 2.24) is 0 Å². The quantitative estimate of drug-likeness (QED) is 0.198. The van der Waals surface area contributed by atoms with Crippen molar-refractivity contribution >= 4 is 0 Å². The van der Waals surface area contributed by atoms with E-state index < -0.39 is 0 Å². The first kappa shape index (κ1) is 26.9. The van der Waals surface area contributed by atoms with E-state index in [-0.39, 0.29) is 19.0 Å². The molecule has 1 heterocycles. The van der Waals surface area contributed by atoms with Crippen LogP contribution in [-0.2, 0) is 14.2 Å². The molecule has 1 saturated heterocycles. The number of ether oxygens (including phenoxy) is 3. The highest BCUT2D eigenvalue weighted by atomic mass is 16.7. The lowest BCUT2D eigenvalue weighted by atomic mass is 10.0. The second-order valence-electron chi connectivity index (χ2n) is 8.77. The zero-order valence-electron chi connectivity index (χ0n) is 19.4. The maximum atomic E-state index is 8.74.